The average Bonchev–Trinajstić information content (AvgIpc) is 3.21. The normalized spacial score (nSPS) is 16.3. The van der Waals surface area contributed by atoms with E-state index >= 15 is 0 Å². The van der Waals surface area contributed by atoms with Gasteiger partial charge in [0.2, 0.25) is 16.8 Å². The van der Waals surface area contributed by atoms with E-state index in [1.165, 1.54) is 10.4 Å². The highest BCUT2D eigenvalue weighted by Crippen LogP contribution is 2.34. The summed E-state index contributed by atoms with van der Waals surface area (Å²) in [6, 6.07) is 9.71. The van der Waals surface area contributed by atoms with Gasteiger partial charge >= 0.3 is 0 Å². The molecule has 1 saturated heterocycles. The number of carbonyl (C=O) groups excluding carboxylic acids is 1. The Kier molecular flexibility index (Phi) is 5.80. The number of benzene rings is 2. The molecule has 2 heterocycles. The van der Waals surface area contributed by atoms with Crippen LogP contribution in [0, 0.1) is 6.92 Å². The quantitative estimate of drug-likeness (QED) is 0.739. The van der Waals surface area contributed by atoms with Gasteiger partial charge in [-0.3, -0.25) is 4.79 Å². The van der Waals surface area contributed by atoms with Crippen molar-refractivity contribution in [1.82, 2.24) is 4.31 Å². The molecule has 2 aliphatic heterocycles. The fraction of sp³-hybridized carbons (Fsp3) is 0.350. The van der Waals surface area contributed by atoms with Crippen LogP contribution in [-0.4, -0.2) is 58.3 Å². The van der Waals surface area contributed by atoms with Crippen LogP contribution >= 0.6 is 0 Å². The number of fused-ring (bicyclic) bond motifs is 1. The van der Waals surface area contributed by atoms with Crippen LogP contribution in [0.4, 0.5) is 5.69 Å². The summed E-state index contributed by atoms with van der Waals surface area (Å²) in [5.41, 5.74) is 1.19. The molecule has 160 valence electrons. The fourth-order valence-electron chi connectivity index (χ4n) is 3.19. The van der Waals surface area contributed by atoms with Crippen LogP contribution in [0.3, 0.4) is 0 Å². The zero-order valence-corrected chi connectivity index (χ0v) is 17.2. The van der Waals surface area contributed by atoms with Crippen molar-refractivity contribution in [2.45, 2.75) is 11.8 Å². The Morgan fingerprint density at radius 2 is 1.87 bits per heavy atom. The number of anilines is 1. The summed E-state index contributed by atoms with van der Waals surface area (Å²) in [4.78, 5) is 12.4. The molecule has 1 fully saturated rings. The number of aryl methyl sites for hydroxylation is 1. The molecular weight excluding hydrogens is 412 g/mol. The van der Waals surface area contributed by atoms with Crippen LogP contribution in [-0.2, 0) is 19.6 Å². The Morgan fingerprint density at radius 3 is 2.63 bits per heavy atom. The van der Waals surface area contributed by atoms with Crippen molar-refractivity contribution >= 4 is 21.6 Å². The van der Waals surface area contributed by atoms with E-state index in [2.05, 4.69) is 5.32 Å². The molecular formula is C20H22N2O7S. The zero-order valence-electron chi connectivity index (χ0n) is 16.4. The van der Waals surface area contributed by atoms with Gasteiger partial charge in [0, 0.05) is 24.8 Å². The van der Waals surface area contributed by atoms with Gasteiger partial charge in [-0.15, -0.1) is 0 Å². The van der Waals surface area contributed by atoms with Crippen LogP contribution in [0.2, 0.25) is 0 Å². The molecule has 2 aliphatic rings. The summed E-state index contributed by atoms with van der Waals surface area (Å²) in [6.07, 6.45) is 0. The monoisotopic (exact) mass is 434 g/mol. The Morgan fingerprint density at radius 1 is 1.10 bits per heavy atom. The van der Waals surface area contributed by atoms with Gasteiger partial charge in [-0.1, -0.05) is 0 Å². The number of sulfonamides is 1. The van der Waals surface area contributed by atoms with E-state index in [1.807, 2.05) is 0 Å². The lowest BCUT2D eigenvalue weighted by Crippen LogP contribution is -2.40. The van der Waals surface area contributed by atoms with Crippen LogP contribution in [0.5, 0.6) is 17.2 Å². The van der Waals surface area contributed by atoms with Gasteiger partial charge in [0.05, 0.1) is 18.1 Å². The summed E-state index contributed by atoms with van der Waals surface area (Å²) < 4.78 is 48.2. The Labute approximate surface area is 174 Å². The number of morpholine rings is 1. The maximum atomic E-state index is 12.7. The smallest absolute Gasteiger partial charge is 0.262 e. The minimum atomic E-state index is -3.58. The van der Waals surface area contributed by atoms with Crippen molar-refractivity contribution in [2.24, 2.45) is 0 Å². The topological polar surface area (TPSA) is 103 Å². The number of hydrogen-bond acceptors (Lipinski definition) is 7. The second-order valence-electron chi connectivity index (χ2n) is 6.85. The Bertz CT molecular complexity index is 1050. The van der Waals surface area contributed by atoms with Gasteiger partial charge in [0.15, 0.2) is 18.1 Å². The van der Waals surface area contributed by atoms with E-state index in [9.17, 15) is 13.2 Å². The third kappa shape index (κ3) is 4.35. The lowest BCUT2D eigenvalue weighted by Gasteiger charge is -2.26. The highest BCUT2D eigenvalue weighted by Gasteiger charge is 2.26. The second-order valence-corrected chi connectivity index (χ2v) is 8.79. The van der Waals surface area contributed by atoms with Crippen molar-refractivity contribution in [3.05, 3.63) is 42.0 Å². The number of rotatable bonds is 6. The maximum absolute atomic E-state index is 12.7. The minimum absolute atomic E-state index is 0.159. The SMILES string of the molecule is Cc1cc(S(=O)(=O)N2CCOCC2)ccc1OCC(=O)Nc1ccc2c(c1)OCO2. The molecule has 9 nitrogen and oxygen atoms in total. The molecule has 1 amide bonds. The van der Waals surface area contributed by atoms with Gasteiger partial charge in [0.1, 0.15) is 5.75 Å². The second kappa shape index (κ2) is 8.50. The summed E-state index contributed by atoms with van der Waals surface area (Å²) in [6.45, 7) is 3.12. The average molecular weight is 434 g/mol. The van der Waals surface area contributed by atoms with Gasteiger partial charge in [-0.2, -0.15) is 4.31 Å². The molecule has 0 aliphatic carbocycles. The van der Waals surface area contributed by atoms with Crippen molar-refractivity contribution in [3.63, 3.8) is 0 Å². The molecule has 10 heteroatoms. The van der Waals surface area contributed by atoms with Crippen LogP contribution in [0.1, 0.15) is 5.56 Å². The first kappa shape index (κ1) is 20.5. The number of amides is 1. The molecule has 2 aromatic rings. The summed E-state index contributed by atoms with van der Waals surface area (Å²) in [7, 11) is -3.58. The molecule has 2 aromatic carbocycles. The first-order chi connectivity index (χ1) is 14.4. The van der Waals surface area contributed by atoms with Gasteiger partial charge < -0.3 is 24.3 Å². The third-order valence-corrected chi connectivity index (χ3v) is 6.66. The summed E-state index contributed by atoms with van der Waals surface area (Å²) >= 11 is 0. The molecule has 0 atom stereocenters. The maximum Gasteiger partial charge on any atom is 0.262 e. The molecule has 0 saturated carbocycles. The van der Waals surface area contributed by atoms with Crippen LogP contribution < -0.4 is 19.5 Å². The van der Waals surface area contributed by atoms with Crippen LogP contribution in [0.25, 0.3) is 0 Å². The molecule has 0 radical (unpaired) electrons. The van der Waals surface area contributed by atoms with Gasteiger partial charge in [-0.05, 0) is 42.8 Å². The number of carbonyl (C=O) groups is 1. The van der Waals surface area contributed by atoms with E-state index in [4.69, 9.17) is 18.9 Å². The molecule has 30 heavy (non-hydrogen) atoms. The number of nitrogens with one attached hydrogen (secondary N) is 1. The summed E-state index contributed by atoms with van der Waals surface area (Å²) in [5, 5.41) is 2.73. The fourth-order valence-corrected chi connectivity index (χ4v) is 4.69. The minimum Gasteiger partial charge on any atom is -0.483 e. The van der Waals surface area contributed by atoms with E-state index < -0.39 is 10.0 Å². The van der Waals surface area contributed by atoms with Crippen LogP contribution in [0.15, 0.2) is 41.3 Å². The lowest BCUT2D eigenvalue weighted by atomic mass is 10.2. The standard InChI is InChI=1S/C20H22N2O7S/c1-14-10-16(30(24,25)22-6-8-26-9-7-22)3-5-17(14)27-12-20(23)21-15-2-4-18-19(11-15)29-13-28-18/h2-5,10-11H,6-9,12-13H2,1H3,(H,21,23). The Hall–Kier alpha value is -2.82. The first-order valence-corrected chi connectivity index (χ1v) is 10.9. The predicted molar refractivity (Wildman–Crippen MR) is 107 cm³/mol. The van der Waals surface area contributed by atoms with E-state index in [0.717, 1.165) is 0 Å². The highest BCUT2D eigenvalue weighted by atomic mass is 32.2. The molecule has 4 rings (SSSR count). The first-order valence-electron chi connectivity index (χ1n) is 9.44. The molecule has 0 aromatic heterocycles. The van der Waals surface area contributed by atoms with E-state index in [1.54, 1.807) is 37.3 Å². The van der Waals surface area contributed by atoms with E-state index in [0.29, 0.717) is 54.8 Å². The molecule has 1 N–H and O–H groups in total. The van der Waals surface area contributed by atoms with Crippen molar-refractivity contribution in [1.29, 1.82) is 0 Å². The highest BCUT2D eigenvalue weighted by molar-refractivity contribution is 7.89. The zero-order chi connectivity index (χ0) is 21.1. The molecule has 0 bridgehead atoms. The van der Waals surface area contributed by atoms with E-state index in [-0.39, 0.29) is 24.2 Å². The number of nitrogens with zero attached hydrogens (tertiary/aromatic N) is 1. The number of ether oxygens (including phenoxy) is 4. The molecule has 0 unspecified atom stereocenters. The van der Waals surface area contributed by atoms with Gasteiger partial charge in [0.25, 0.3) is 5.91 Å². The number of hydrogen-bond donors (Lipinski definition) is 1. The Balaban J connectivity index is 1.37. The van der Waals surface area contributed by atoms with Crippen molar-refractivity contribution in [3.8, 4) is 17.2 Å². The molecule has 0 spiro atoms. The largest absolute Gasteiger partial charge is 0.483 e. The van der Waals surface area contributed by atoms with Gasteiger partial charge in [-0.25, -0.2) is 8.42 Å². The predicted octanol–water partition coefficient (Wildman–Crippen LogP) is 1.76. The third-order valence-electron chi connectivity index (χ3n) is 4.77. The lowest BCUT2D eigenvalue weighted by molar-refractivity contribution is -0.118. The van der Waals surface area contributed by atoms with Crippen molar-refractivity contribution in [2.75, 3.05) is 45.0 Å². The summed E-state index contributed by atoms with van der Waals surface area (Å²) in [5.74, 6) is 1.30. The van der Waals surface area contributed by atoms with Crippen molar-refractivity contribution < 1.29 is 32.2 Å².